The lowest BCUT2D eigenvalue weighted by Crippen LogP contribution is -2.34. The fourth-order valence-corrected chi connectivity index (χ4v) is 2.25. The highest BCUT2D eigenvalue weighted by Crippen LogP contribution is 2.39. The topological polar surface area (TPSA) is 39.7 Å². The fraction of sp³-hybridized carbons (Fsp3) is 0.455. The molecule has 4 nitrogen and oxygen atoms in total. The van der Waals surface area contributed by atoms with E-state index < -0.39 is 0 Å². The van der Waals surface area contributed by atoms with E-state index in [1.54, 1.807) is 6.07 Å². The van der Waals surface area contributed by atoms with Gasteiger partial charge in [0.05, 0.1) is 19.3 Å². The van der Waals surface area contributed by atoms with E-state index in [1.807, 2.05) is 6.07 Å². The lowest BCUT2D eigenvalue weighted by Gasteiger charge is -2.25. The number of hydrogen-bond acceptors (Lipinski definition) is 4. The maximum absolute atomic E-state index is 6.21. The minimum absolute atomic E-state index is 0.135. The second kappa shape index (κ2) is 4.13. The molecule has 16 heavy (non-hydrogen) atoms. The largest absolute Gasteiger partial charge is 0.454 e. The first-order valence-electron chi connectivity index (χ1n) is 5.25. The van der Waals surface area contributed by atoms with E-state index in [2.05, 4.69) is 5.32 Å². The summed E-state index contributed by atoms with van der Waals surface area (Å²) >= 11 is 6.21. The SMILES string of the molecule is Clc1cc2c(cc1[C@H]1COCCN1)OCO2. The monoisotopic (exact) mass is 241 g/mol. The molecule has 0 saturated carbocycles. The van der Waals surface area contributed by atoms with Crippen molar-refractivity contribution in [3.8, 4) is 11.5 Å². The van der Waals surface area contributed by atoms with Gasteiger partial charge in [-0.05, 0) is 11.6 Å². The Morgan fingerprint density at radius 2 is 2.06 bits per heavy atom. The molecule has 0 unspecified atom stereocenters. The third kappa shape index (κ3) is 1.73. The van der Waals surface area contributed by atoms with Crippen molar-refractivity contribution < 1.29 is 14.2 Å². The van der Waals surface area contributed by atoms with Crippen molar-refractivity contribution in [3.63, 3.8) is 0 Å². The average molecular weight is 242 g/mol. The Hall–Kier alpha value is -0.970. The van der Waals surface area contributed by atoms with Crippen LogP contribution in [0.25, 0.3) is 0 Å². The van der Waals surface area contributed by atoms with Gasteiger partial charge in [0.2, 0.25) is 6.79 Å². The van der Waals surface area contributed by atoms with E-state index in [9.17, 15) is 0 Å². The Kier molecular flexibility index (Phi) is 2.63. The Bertz CT molecular complexity index is 404. The Balaban J connectivity index is 1.94. The molecule has 2 aliphatic heterocycles. The molecule has 0 aromatic heterocycles. The summed E-state index contributed by atoms with van der Waals surface area (Å²) in [6.45, 7) is 2.50. The van der Waals surface area contributed by atoms with Gasteiger partial charge in [0.15, 0.2) is 11.5 Å². The molecule has 0 amide bonds. The van der Waals surface area contributed by atoms with E-state index in [0.717, 1.165) is 24.5 Å². The lowest BCUT2D eigenvalue weighted by molar-refractivity contribution is 0.0768. The molecule has 86 valence electrons. The number of ether oxygens (including phenoxy) is 3. The van der Waals surface area contributed by atoms with Gasteiger partial charge in [0, 0.05) is 17.6 Å². The summed E-state index contributed by atoms with van der Waals surface area (Å²) in [6, 6.07) is 3.86. The summed E-state index contributed by atoms with van der Waals surface area (Å²) < 4.78 is 16.0. The van der Waals surface area contributed by atoms with Gasteiger partial charge < -0.3 is 19.5 Å². The van der Waals surface area contributed by atoms with Crippen LogP contribution in [0.15, 0.2) is 12.1 Å². The predicted octanol–water partition coefficient (Wildman–Crippen LogP) is 1.73. The fourth-order valence-electron chi connectivity index (χ4n) is 1.97. The number of hydrogen-bond donors (Lipinski definition) is 1. The van der Waals surface area contributed by atoms with E-state index >= 15 is 0 Å². The molecule has 1 N–H and O–H groups in total. The third-order valence-corrected chi connectivity index (χ3v) is 3.12. The number of morpholine rings is 1. The van der Waals surface area contributed by atoms with Crippen LogP contribution in [-0.2, 0) is 4.74 Å². The van der Waals surface area contributed by atoms with Crippen molar-refractivity contribution in [2.45, 2.75) is 6.04 Å². The van der Waals surface area contributed by atoms with Crippen molar-refractivity contribution in [1.82, 2.24) is 5.32 Å². The molecular weight excluding hydrogens is 230 g/mol. The predicted molar refractivity (Wildman–Crippen MR) is 59.1 cm³/mol. The maximum Gasteiger partial charge on any atom is 0.231 e. The van der Waals surface area contributed by atoms with Crippen LogP contribution in [-0.4, -0.2) is 26.6 Å². The molecule has 1 aromatic rings. The number of benzene rings is 1. The molecule has 2 aliphatic rings. The minimum atomic E-state index is 0.135. The third-order valence-electron chi connectivity index (χ3n) is 2.79. The zero-order chi connectivity index (χ0) is 11.0. The van der Waals surface area contributed by atoms with Gasteiger partial charge in [0.1, 0.15) is 0 Å². The highest BCUT2D eigenvalue weighted by molar-refractivity contribution is 6.31. The van der Waals surface area contributed by atoms with Gasteiger partial charge in [-0.25, -0.2) is 0 Å². The van der Waals surface area contributed by atoms with E-state index in [1.165, 1.54) is 0 Å². The molecule has 1 aromatic carbocycles. The van der Waals surface area contributed by atoms with Gasteiger partial charge >= 0.3 is 0 Å². The quantitative estimate of drug-likeness (QED) is 0.813. The number of nitrogens with one attached hydrogen (secondary N) is 1. The Morgan fingerprint density at radius 3 is 2.81 bits per heavy atom. The Morgan fingerprint density at radius 1 is 1.25 bits per heavy atom. The first-order valence-corrected chi connectivity index (χ1v) is 5.62. The molecule has 1 atom stereocenters. The molecule has 0 radical (unpaired) electrons. The van der Waals surface area contributed by atoms with Gasteiger partial charge in [0.25, 0.3) is 0 Å². The summed E-state index contributed by atoms with van der Waals surface area (Å²) in [5.74, 6) is 1.47. The number of halogens is 1. The standard InChI is InChI=1S/C11H12ClNO3/c12-8-4-11-10(15-6-16-11)3-7(8)9-5-14-2-1-13-9/h3-4,9,13H,1-2,5-6H2/t9-/m1/s1. The molecular formula is C11H12ClNO3. The minimum Gasteiger partial charge on any atom is -0.454 e. The second-order valence-corrected chi connectivity index (χ2v) is 4.22. The molecule has 1 saturated heterocycles. The molecule has 0 bridgehead atoms. The van der Waals surface area contributed by atoms with Crippen LogP contribution in [0.4, 0.5) is 0 Å². The van der Waals surface area contributed by atoms with Gasteiger partial charge in [-0.3, -0.25) is 0 Å². The normalized spacial score (nSPS) is 23.4. The van der Waals surface area contributed by atoms with Crippen molar-refractivity contribution >= 4 is 11.6 Å². The van der Waals surface area contributed by atoms with Crippen LogP contribution in [0.1, 0.15) is 11.6 Å². The summed E-state index contributed by atoms with van der Waals surface area (Å²) in [6.07, 6.45) is 0. The summed E-state index contributed by atoms with van der Waals surface area (Å²) in [5, 5.41) is 4.05. The van der Waals surface area contributed by atoms with Crippen LogP contribution < -0.4 is 14.8 Å². The van der Waals surface area contributed by atoms with Gasteiger partial charge in [-0.1, -0.05) is 11.6 Å². The van der Waals surface area contributed by atoms with E-state index in [0.29, 0.717) is 17.4 Å². The molecule has 3 rings (SSSR count). The zero-order valence-corrected chi connectivity index (χ0v) is 9.42. The van der Waals surface area contributed by atoms with Crippen molar-refractivity contribution in [3.05, 3.63) is 22.7 Å². The summed E-state index contributed by atoms with van der Waals surface area (Å²) in [7, 11) is 0. The number of rotatable bonds is 1. The van der Waals surface area contributed by atoms with Crippen LogP contribution in [0.5, 0.6) is 11.5 Å². The van der Waals surface area contributed by atoms with Crippen LogP contribution in [0.2, 0.25) is 5.02 Å². The maximum atomic E-state index is 6.21. The smallest absolute Gasteiger partial charge is 0.231 e. The summed E-state index contributed by atoms with van der Waals surface area (Å²) in [4.78, 5) is 0. The first-order chi connectivity index (χ1) is 7.84. The van der Waals surface area contributed by atoms with Crippen LogP contribution >= 0.6 is 11.6 Å². The zero-order valence-electron chi connectivity index (χ0n) is 8.66. The Labute approximate surface area is 98.4 Å². The van der Waals surface area contributed by atoms with Gasteiger partial charge in [-0.2, -0.15) is 0 Å². The molecule has 2 heterocycles. The molecule has 0 spiro atoms. The van der Waals surface area contributed by atoms with Crippen LogP contribution in [0.3, 0.4) is 0 Å². The van der Waals surface area contributed by atoms with Crippen molar-refractivity contribution in [2.75, 3.05) is 26.6 Å². The molecule has 1 fully saturated rings. The van der Waals surface area contributed by atoms with Gasteiger partial charge in [-0.15, -0.1) is 0 Å². The highest BCUT2D eigenvalue weighted by Gasteiger charge is 2.22. The first kappa shape index (κ1) is 10.2. The second-order valence-electron chi connectivity index (χ2n) is 3.81. The average Bonchev–Trinajstić information content (AvgIpc) is 2.76. The molecule has 5 heteroatoms. The van der Waals surface area contributed by atoms with Crippen molar-refractivity contribution in [1.29, 1.82) is 0 Å². The molecule has 0 aliphatic carbocycles. The van der Waals surface area contributed by atoms with Crippen LogP contribution in [0, 0.1) is 0 Å². The van der Waals surface area contributed by atoms with E-state index in [-0.39, 0.29) is 12.8 Å². The highest BCUT2D eigenvalue weighted by atomic mass is 35.5. The van der Waals surface area contributed by atoms with Crippen molar-refractivity contribution in [2.24, 2.45) is 0 Å². The lowest BCUT2D eigenvalue weighted by atomic mass is 10.1. The number of fused-ring (bicyclic) bond motifs is 1. The van der Waals surface area contributed by atoms with E-state index in [4.69, 9.17) is 25.8 Å². The summed E-state index contributed by atoms with van der Waals surface area (Å²) in [5.41, 5.74) is 1.01.